The molecular weight excluding hydrogens is 351 g/mol. The van der Waals surface area contributed by atoms with Crippen LogP contribution in [0.4, 0.5) is 18.9 Å². The lowest BCUT2D eigenvalue weighted by Gasteiger charge is -2.32. The molecule has 1 unspecified atom stereocenters. The third-order valence-electron chi connectivity index (χ3n) is 3.04. The zero-order chi connectivity index (χ0) is 16.4. The Balaban J connectivity index is 3.18. The highest BCUT2D eigenvalue weighted by Gasteiger charge is 2.35. The summed E-state index contributed by atoms with van der Waals surface area (Å²) in [4.78, 5) is 10.9. The second-order valence-electron chi connectivity index (χ2n) is 5.85. The number of alkyl halides is 3. The molecule has 0 fully saturated rings. The van der Waals surface area contributed by atoms with E-state index >= 15 is 0 Å². The molecule has 0 amide bonds. The van der Waals surface area contributed by atoms with Gasteiger partial charge in [0.2, 0.25) is 0 Å². The molecule has 1 aromatic carbocycles. The lowest BCUT2D eigenvalue weighted by molar-refractivity contribution is -0.137. The number of halogens is 4. The Labute approximate surface area is 129 Å². The van der Waals surface area contributed by atoms with Gasteiger partial charge in [-0.1, -0.05) is 36.7 Å². The minimum absolute atomic E-state index is 0.119. The topological polar surface area (TPSA) is 49.3 Å². The van der Waals surface area contributed by atoms with Gasteiger partial charge in [-0.05, 0) is 23.6 Å². The number of carboxylic acid groups (broad SMARTS) is 1. The number of rotatable bonds is 4. The number of aliphatic carboxylic acids is 1. The number of hydrogen-bond acceptors (Lipinski definition) is 2. The number of benzene rings is 1. The maximum absolute atomic E-state index is 13.1. The summed E-state index contributed by atoms with van der Waals surface area (Å²) in [7, 11) is 0. The van der Waals surface area contributed by atoms with Crippen molar-refractivity contribution in [2.75, 3.05) is 5.32 Å². The van der Waals surface area contributed by atoms with Crippen LogP contribution in [0.5, 0.6) is 0 Å². The van der Waals surface area contributed by atoms with Gasteiger partial charge in [0.05, 0.1) is 12.0 Å². The summed E-state index contributed by atoms with van der Waals surface area (Å²) in [5.41, 5.74) is -1.45. The summed E-state index contributed by atoms with van der Waals surface area (Å²) in [6, 6.07) is 3.13. The lowest BCUT2D eigenvalue weighted by atomic mass is 9.84. The number of nitrogens with one attached hydrogen (secondary N) is 1. The molecule has 0 bridgehead atoms. The minimum atomic E-state index is -4.52. The van der Waals surface area contributed by atoms with Crippen molar-refractivity contribution in [1.29, 1.82) is 0 Å². The predicted octanol–water partition coefficient (Wildman–Crippen LogP) is 4.77. The second kappa shape index (κ2) is 6.25. The normalized spacial score (nSPS) is 13.9. The molecule has 7 heteroatoms. The van der Waals surface area contributed by atoms with E-state index in [1.807, 2.05) is 0 Å². The van der Waals surface area contributed by atoms with Gasteiger partial charge in [0.1, 0.15) is 0 Å². The van der Waals surface area contributed by atoms with E-state index in [2.05, 4.69) is 21.2 Å². The molecule has 1 atom stereocenters. The van der Waals surface area contributed by atoms with Crippen LogP contribution in [0, 0.1) is 5.41 Å². The number of hydrogen-bond donors (Lipinski definition) is 2. The van der Waals surface area contributed by atoms with Crippen LogP contribution in [0.25, 0.3) is 0 Å². The molecule has 0 aliphatic heterocycles. The molecular formula is C14H17BrF3NO2. The quantitative estimate of drug-likeness (QED) is 0.805. The smallest absolute Gasteiger partial charge is 0.418 e. The summed E-state index contributed by atoms with van der Waals surface area (Å²) in [6.45, 7) is 5.33. The summed E-state index contributed by atoms with van der Waals surface area (Å²) in [5, 5.41) is 11.7. The van der Waals surface area contributed by atoms with Crippen LogP contribution < -0.4 is 5.32 Å². The maximum Gasteiger partial charge on any atom is 0.418 e. The third-order valence-corrected chi connectivity index (χ3v) is 3.53. The van der Waals surface area contributed by atoms with Crippen LogP contribution >= 0.6 is 15.9 Å². The minimum Gasteiger partial charge on any atom is -0.481 e. The predicted molar refractivity (Wildman–Crippen MR) is 78.3 cm³/mol. The Kier molecular flexibility index (Phi) is 5.30. The molecule has 0 aliphatic rings. The highest BCUT2D eigenvalue weighted by molar-refractivity contribution is 9.10. The molecule has 1 rings (SSSR count). The fourth-order valence-corrected chi connectivity index (χ4v) is 2.17. The van der Waals surface area contributed by atoms with Crippen molar-refractivity contribution in [3.8, 4) is 0 Å². The molecule has 0 heterocycles. The SMILES string of the molecule is CC(C)(C)C(CC(=O)O)Nc1ccc(Br)cc1C(F)(F)F. The van der Waals surface area contributed by atoms with E-state index < -0.39 is 29.2 Å². The van der Waals surface area contributed by atoms with Crippen molar-refractivity contribution >= 4 is 27.6 Å². The van der Waals surface area contributed by atoms with Gasteiger partial charge in [-0.2, -0.15) is 13.2 Å². The molecule has 0 saturated carbocycles. The van der Waals surface area contributed by atoms with Gasteiger partial charge in [-0.25, -0.2) is 0 Å². The Bertz CT molecular complexity index is 524. The zero-order valence-electron chi connectivity index (χ0n) is 11.9. The molecule has 21 heavy (non-hydrogen) atoms. The van der Waals surface area contributed by atoms with Crippen LogP contribution in [0.2, 0.25) is 0 Å². The first-order valence-electron chi connectivity index (χ1n) is 6.26. The summed E-state index contributed by atoms with van der Waals surface area (Å²) in [5.74, 6) is -1.06. The second-order valence-corrected chi connectivity index (χ2v) is 6.76. The fraction of sp³-hybridized carbons (Fsp3) is 0.500. The summed E-state index contributed by atoms with van der Waals surface area (Å²) < 4.78 is 39.5. The van der Waals surface area contributed by atoms with Gasteiger partial charge in [-0.15, -0.1) is 0 Å². The number of carbonyl (C=O) groups is 1. The zero-order valence-corrected chi connectivity index (χ0v) is 13.5. The van der Waals surface area contributed by atoms with Crippen molar-refractivity contribution in [1.82, 2.24) is 0 Å². The Hall–Kier alpha value is -1.24. The van der Waals surface area contributed by atoms with Crippen molar-refractivity contribution in [3.05, 3.63) is 28.2 Å². The molecule has 0 saturated heterocycles. The van der Waals surface area contributed by atoms with Crippen LogP contribution in [-0.2, 0) is 11.0 Å². The fourth-order valence-electron chi connectivity index (χ4n) is 1.81. The molecule has 3 nitrogen and oxygen atoms in total. The molecule has 0 radical (unpaired) electrons. The van der Waals surface area contributed by atoms with Crippen LogP contribution in [0.15, 0.2) is 22.7 Å². The van der Waals surface area contributed by atoms with Crippen LogP contribution in [0.3, 0.4) is 0 Å². The van der Waals surface area contributed by atoms with Crippen molar-refractivity contribution in [3.63, 3.8) is 0 Å². The molecule has 1 aromatic rings. The standard InChI is InChI=1S/C14H17BrF3NO2/c1-13(2,3)11(7-12(20)21)19-10-5-4-8(15)6-9(10)14(16,17)18/h4-6,11,19H,7H2,1-3H3,(H,20,21). The van der Waals surface area contributed by atoms with E-state index in [0.717, 1.165) is 6.07 Å². The van der Waals surface area contributed by atoms with E-state index in [9.17, 15) is 18.0 Å². The van der Waals surface area contributed by atoms with Gasteiger partial charge >= 0.3 is 12.1 Å². The monoisotopic (exact) mass is 367 g/mol. The van der Waals surface area contributed by atoms with E-state index in [1.165, 1.54) is 12.1 Å². The van der Waals surface area contributed by atoms with Crippen molar-refractivity contribution < 1.29 is 23.1 Å². The molecule has 0 aromatic heterocycles. The highest BCUT2D eigenvalue weighted by atomic mass is 79.9. The van der Waals surface area contributed by atoms with Gasteiger partial charge in [-0.3, -0.25) is 4.79 Å². The van der Waals surface area contributed by atoms with Crippen LogP contribution in [0.1, 0.15) is 32.8 Å². The Morgan fingerprint density at radius 1 is 1.33 bits per heavy atom. The van der Waals surface area contributed by atoms with E-state index in [4.69, 9.17) is 5.11 Å². The number of anilines is 1. The first kappa shape index (κ1) is 17.8. The van der Waals surface area contributed by atoms with Gasteiger partial charge in [0.25, 0.3) is 0 Å². The van der Waals surface area contributed by atoms with Gasteiger partial charge in [0.15, 0.2) is 0 Å². The Morgan fingerprint density at radius 2 is 1.90 bits per heavy atom. The first-order valence-corrected chi connectivity index (χ1v) is 7.05. The molecule has 2 N–H and O–H groups in total. The van der Waals surface area contributed by atoms with E-state index in [0.29, 0.717) is 4.47 Å². The van der Waals surface area contributed by atoms with E-state index in [-0.39, 0.29) is 12.1 Å². The Morgan fingerprint density at radius 3 is 2.33 bits per heavy atom. The molecule has 0 aliphatic carbocycles. The largest absolute Gasteiger partial charge is 0.481 e. The third kappa shape index (κ3) is 5.22. The summed E-state index contributed by atoms with van der Waals surface area (Å²) >= 11 is 3.01. The highest BCUT2D eigenvalue weighted by Crippen LogP contribution is 2.38. The van der Waals surface area contributed by atoms with Gasteiger partial charge in [0, 0.05) is 16.2 Å². The van der Waals surface area contributed by atoms with Crippen molar-refractivity contribution in [2.24, 2.45) is 5.41 Å². The van der Waals surface area contributed by atoms with Crippen LogP contribution in [-0.4, -0.2) is 17.1 Å². The average molecular weight is 368 g/mol. The first-order chi connectivity index (χ1) is 9.41. The number of carboxylic acids is 1. The van der Waals surface area contributed by atoms with E-state index in [1.54, 1.807) is 20.8 Å². The van der Waals surface area contributed by atoms with Crippen molar-refractivity contribution in [2.45, 2.75) is 39.4 Å². The lowest BCUT2D eigenvalue weighted by Crippen LogP contribution is -2.36. The molecule has 0 spiro atoms. The molecule has 118 valence electrons. The van der Waals surface area contributed by atoms with Gasteiger partial charge < -0.3 is 10.4 Å². The summed E-state index contributed by atoms with van der Waals surface area (Å²) in [6.07, 6.45) is -4.78. The maximum atomic E-state index is 13.1. The average Bonchev–Trinajstić information content (AvgIpc) is 2.27.